The van der Waals surface area contributed by atoms with Crippen LogP contribution in [0.2, 0.25) is 0 Å². The summed E-state index contributed by atoms with van der Waals surface area (Å²) in [4.78, 5) is 38.0. The van der Waals surface area contributed by atoms with Crippen molar-refractivity contribution < 1.29 is 49.0 Å². The minimum absolute atomic E-state index is 0. The second kappa shape index (κ2) is 6.95. The Hall–Kier alpha value is -1.02. The molecule has 1 aromatic carbocycles. The van der Waals surface area contributed by atoms with E-state index in [0.29, 0.717) is 0 Å². The van der Waals surface area contributed by atoms with E-state index in [9.17, 15) is 19.5 Å². The van der Waals surface area contributed by atoms with Crippen LogP contribution in [0.1, 0.15) is 26.3 Å². The smallest absolute Gasteiger partial charge is 0.545 e. The van der Waals surface area contributed by atoms with Gasteiger partial charge in [-0.1, -0.05) is 37.3 Å². The summed E-state index contributed by atoms with van der Waals surface area (Å²) in [5.41, 5.74) is -1.07. The number of carbonyl (C=O) groups excluding carboxylic acids is 3. The topological polar surface area (TPSA) is 89.5 Å². The summed E-state index contributed by atoms with van der Waals surface area (Å²) in [6.07, 6.45) is 0.0405. The van der Waals surface area contributed by atoms with E-state index in [1.54, 1.807) is 32.9 Å². The van der Waals surface area contributed by atoms with Crippen LogP contribution in [-0.2, 0) is 20.8 Å². The van der Waals surface area contributed by atoms with E-state index in [1.807, 2.05) is 18.2 Å². The summed E-state index contributed by atoms with van der Waals surface area (Å²) in [7, 11) is 0. The Morgan fingerprint density at radius 3 is 2.44 bits per heavy atom. The number of rotatable bonds is 4. The maximum atomic E-state index is 12.5. The third-order valence-electron chi connectivity index (χ3n) is 4.78. The number of carbonyl (C=O) groups is 3. The Kier molecular flexibility index (Phi) is 5.64. The van der Waals surface area contributed by atoms with Crippen molar-refractivity contribution >= 4 is 29.5 Å². The van der Waals surface area contributed by atoms with Crippen molar-refractivity contribution in [1.29, 1.82) is 0 Å². The van der Waals surface area contributed by atoms with E-state index in [4.69, 9.17) is 0 Å². The summed E-state index contributed by atoms with van der Waals surface area (Å²) in [5.74, 6) is -2.44. The van der Waals surface area contributed by atoms with Crippen molar-refractivity contribution in [2.45, 2.75) is 43.0 Å². The third-order valence-corrected chi connectivity index (χ3v) is 6.53. The van der Waals surface area contributed by atoms with E-state index in [-0.39, 0.29) is 53.2 Å². The number of thioether (sulfide) groups is 1. The molecule has 25 heavy (non-hydrogen) atoms. The van der Waals surface area contributed by atoms with E-state index < -0.39 is 22.3 Å². The zero-order chi connectivity index (χ0) is 17.7. The predicted octanol–water partition coefficient (Wildman–Crippen LogP) is -2.87. The molecule has 0 unspecified atom stereocenters. The molecule has 1 aromatic rings. The first-order chi connectivity index (χ1) is 11.2. The molecule has 2 amide bonds. The Balaban J connectivity index is 0.00000225. The molecule has 2 heterocycles. The summed E-state index contributed by atoms with van der Waals surface area (Å²) in [5, 5.41) is 14.4. The Morgan fingerprint density at radius 2 is 1.88 bits per heavy atom. The fourth-order valence-electron chi connectivity index (χ4n) is 3.43. The maximum Gasteiger partial charge on any atom is 1.00 e. The van der Waals surface area contributed by atoms with Gasteiger partial charge in [-0.25, -0.2) is 0 Å². The summed E-state index contributed by atoms with van der Waals surface area (Å²) < 4.78 is -0.900. The minimum atomic E-state index is -1.84. The number of hydrogen-bond acceptors (Lipinski definition) is 5. The molecule has 1 N–H and O–H groups in total. The Morgan fingerprint density at radius 1 is 1.28 bits per heavy atom. The number of β-lactam (4-membered cyclic amide) rings is 1. The molecule has 0 aliphatic carbocycles. The Bertz CT molecular complexity index is 712. The standard InChI is InChI=1S/C17H20N2O4S.Na/c1-10-13(21)19-14(10)24-16(2,3)17(19,15(22)23)18-12(20)9-11-7-5-4-6-8-11;/h4-8,10,14H,9H2,1-3H3,(H,18,20)(H,22,23);/q;+1/p-1/t10-,14+,17-;/m0./s1. The SMILES string of the molecule is C[C@H]1C(=O)N2[C@@H]1SC(C)(C)[C@]2(NC(=O)Cc1ccccc1)C(=O)[O-].[Na+]. The first kappa shape index (κ1) is 20.3. The van der Waals surface area contributed by atoms with Crippen molar-refractivity contribution in [1.82, 2.24) is 10.2 Å². The van der Waals surface area contributed by atoms with Crippen LogP contribution in [0.3, 0.4) is 0 Å². The third kappa shape index (κ3) is 3.01. The van der Waals surface area contributed by atoms with E-state index in [0.717, 1.165) is 5.56 Å². The fourth-order valence-corrected chi connectivity index (χ4v) is 5.12. The molecule has 3 rings (SSSR count). The number of nitrogens with one attached hydrogen (secondary N) is 1. The van der Waals surface area contributed by atoms with Crippen LogP contribution >= 0.6 is 11.8 Å². The second-order valence-electron chi connectivity index (χ2n) is 6.72. The molecule has 0 spiro atoms. The molecule has 3 atom stereocenters. The van der Waals surface area contributed by atoms with Gasteiger partial charge >= 0.3 is 29.6 Å². The van der Waals surface area contributed by atoms with Gasteiger partial charge in [0.1, 0.15) is 0 Å². The van der Waals surface area contributed by atoms with Crippen molar-refractivity contribution in [2.75, 3.05) is 0 Å². The van der Waals surface area contributed by atoms with Crippen LogP contribution in [0, 0.1) is 5.92 Å². The number of carboxylic acid groups (broad SMARTS) is 1. The largest absolute Gasteiger partial charge is 1.00 e. The average molecular weight is 370 g/mol. The van der Waals surface area contributed by atoms with Gasteiger partial charge in [-0.3, -0.25) is 14.5 Å². The normalized spacial score (nSPS) is 29.2. The number of nitrogens with zero attached hydrogens (tertiary/aromatic N) is 1. The molecular weight excluding hydrogens is 351 g/mol. The van der Waals surface area contributed by atoms with Gasteiger partial charge in [0.05, 0.1) is 28.4 Å². The van der Waals surface area contributed by atoms with Crippen LogP contribution in [0.5, 0.6) is 0 Å². The molecule has 8 heteroatoms. The van der Waals surface area contributed by atoms with Crippen molar-refractivity contribution in [3.8, 4) is 0 Å². The number of fused-ring (bicyclic) bond motifs is 1. The van der Waals surface area contributed by atoms with Gasteiger partial charge < -0.3 is 15.2 Å². The molecule has 0 bridgehead atoms. The quantitative estimate of drug-likeness (QED) is 0.455. The van der Waals surface area contributed by atoms with Crippen LogP contribution in [-0.4, -0.2) is 38.5 Å². The molecule has 2 aliphatic rings. The predicted molar refractivity (Wildman–Crippen MR) is 87.5 cm³/mol. The number of aliphatic carboxylic acids is 1. The summed E-state index contributed by atoms with van der Waals surface area (Å²) in [6, 6.07) is 9.04. The summed E-state index contributed by atoms with van der Waals surface area (Å²) in [6.45, 7) is 5.20. The minimum Gasteiger partial charge on any atom is -0.545 e. The molecule has 0 radical (unpaired) electrons. The molecule has 2 saturated heterocycles. The molecule has 2 fully saturated rings. The zero-order valence-corrected chi connectivity index (χ0v) is 17.6. The van der Waals surface area contributed by atoms with Crippen LogP contribution in [0.25, 0.3) is 0 Å². The van der Waals surface area contributed by atoms with Crippen molar-refractivity contribution in [3.05, 3.63) is 35.9 Å². The van der Waals surface area contributed by atoms with Gasteiger partial charge in [-0.05, 0) is 19.4 Å². The monoisotopic (exact) mass is 370 g/mol. The second-order valence-corrected chi connectivity index (χ2v) is 8.46. The molecule has 2 aliphatic heterocycles. The first-order valence-electron chi connectivity index (χ1n) is 7.78. The number of benzene rings is 1. The van der Waals surface area contributed by atoms with E-state index >= 15 is 0 Å². The van der Waals surface area contributed by atoms with E-state index in [2.05, 4.69) is 5.32 Å². The van der Waals surface area contributed by atoms with Gasteiger partial charge in [-0.2, -0.15) is 0 Å². The molecule has 0 saturated carbocycles. The van der Waals surface area contributed by atoms with Crippen LogP contribution in [0.4, 0.5) is 0 Å². The molecule has 6 nitrogen and oxygen atoms in total. The molecular formula is C17H19N2NaO4S. The van der Waals surface area contributed by atoms with Crippen molar-refractivity contribution in [2.24, 2.45) is 5.92 Å². The van der Waals surface area contributed by atoms with Gasteiger partial charge in [0.25, 0.3) is 0 Å². The van der Waals surface area contributed by atoms with Crippen LogP contribution < -0.4 is 40.0 Å². The molecule has 128 valence electrons. The summed E-state index contributed by atoms with van der Waals surface area (Å²) >= 11 is 1.38. The van der Waals surface area contributed by atoms with E-state index in [1.165, 1.54) is 16.7 Å². The number of hydrogen-bond donors (Lipinski definition) is 1. The van der Waals surface area contributed by atoms with Crippen molar-refractivity contribution in [3.63, 3.8) is 0 Å². The number of carboxylic acids is 1. The first-order valence-corrected chi connectivity index (χ1v) is 8.66. The number of amides is 2. The van der Waals surface area contributed by atoms with Crippen LogP contribution in [0.15, 0.2) is 30.3 Å². The zero-order valence-electron chi connectivity index (χ0n) is 14.7. The van der Waals surface area contributed by atoms with Gasteiger partial charge in [0, 0.05) is 0 Å². The fraction of sp³-hybridized carbons (Fsp3) is 0.471. The maximum absolute atomic E-state index is 12.5. The van der Waals surface area contributed by atoms with Gasteiger partial charge in [0.2, 0.25) is 11.8 Å². The molecule has 0 aromatic heterocycles. The Labute approximate surface area is 173 Å². The average Bonchev–Trinajstić information content (AvgIpc) is 2.74. The van der Waals surface area contributed by atoms with Gasteiger partial charge in [0.15, 0.2) is 5.66 Å². The van der Waals surface area contributed by atoms with Gasteiger partial charge in [-0.15, -0.1) is 11.8 Å².